The summed E-state index contributed by atoms with van der Waals surface area (Å²) in [6.07, 6.45) is 0. The molecular weight excluding hydrogens is 841 g/mol. The van der Waals surface area contributed by atoms with Crippen molar-refractivity contribution in [1.29, 1.82) is 0 Å². The van der Waals surface area contributed by atoms with E-state index < -0.39 is 0 Å². The zero-order valence-electron chi connectivity index (χ0n) is 41.3. The zero-order chi connectivity index (χ0) is 47.4. The van der Waals surface area contributed by atoms with Crippen molar-refractivity contribution in [2.24, 2.45) is 0 Å². The molecule has 334 valence electrons. The van der Waals surface area contributed by atoms with Gasteiger partial charge in [-0.15, -0.1) is 0 Å². The molecule has 0 heteroatoms. The van der Waals surface area contributed by atoms with E-state index in [4.69, 9.17) is 0 Å². The summed E-state index contributed by atoms with van der Waals surface area (Å²) in [6, 6.07) is 70.4. The quantitative estimate of drug-likeness (QED) is 0.162. The first kappa shape index (κ1) is 40.4. The second-order valence-electron chi connectivity index (χ2n) is 23.2. The highest BCUT2D eigenvalue weighted by Crippen LogP contribution is 2.62. The predicted molar refractivity (Wildman–Crippen MR) is 298 cm³/mol. The van der Waals surface area contributed by atoms with Crippen molar-refractivity contribution in [1.82, 2.24) is 0 Å². The molecule has 11 aromatic carbocycles. The molecule has 0 fully saturated rings. The largest absolute Gasteiger partial charge is 0.0616 e. The average molecular weight is 895 g/mol. The van der Waals surface area contributed by atoms with Gasteiger partial charge in [0.1, 0.15) is 0 Å². The molecule has 0 unspecified atom stereocenters. The molecule has 0 heterocycles. The van der Waals surface area contributed by atoms with Gasteiger partial charge >= 0.3 is 0 Å². The van der Waals surface area contributed by atoms with Crippen LogP contribution in [-0.2, 0) is 21.7 Å². The van der Waals surface area contributed by atoms with Crippen molar-refractivity contribution >= 4 is 43.1 Å². The monoisotopic (exact) mass is 894 g/mol. The lowest BCUT2D eigenvalue weighted by Crippen LogP contribution is -2.17. The molecule has 0 saturated heterocycles. The molecule has 0 saturated carbocycles. The van der Waals surface area contributed by atoms with E-state index >= 15 is 0 Å². The third-order valence-electron chi connectivity index (χ3n) is 18.2. The van der Waals surface area contributed by atoms with Gasteiger partial charge in [0.15, 0.2) is 0 Å². The van der Waals surface area contributed by atoms with Crippen molar-refractivity contribution in [2.45, 2.75) is 77.0 Å². The highest BCUT2D eigenvalue weighted by molar-refractivity contribution is 6.09. The number of benzene rings is 11. The molecule has 0 N–H and O–H groups in total. The van der Waals surface area contributed by atoms with Crippen LogP contribution in [0.3, 0.4) is 0 Å². The van der Waals surface area contributed by atoms with Crippen molar-refractivity contribution in [3.8, 4) is 66.8 Å². The Labute approximate surface area is 411 Å². The van der Waals surface area contributed by atoms with Crippen LogP contribution in [0.1, 0.15) is 99.9 Å². The van der Waals surface area contributed by atoms with Gasteiger partial charge in [-0.05, 0) is 203 Å². The van der Waals surface area contributed by atoms with Gasteiger partial charge in [0.2, 0.25) is 0 Å². The van der Waals surface area contributed by atoms with E-state index in [1.165, 1.54) is 154 Å². The van der Waals surface area contributed by atoms with Gasteiger partial charge in [0.05, 0.1) is 0 Å². The smallest absolute Gasteiger partial charge is 0.0159 e. The van der Waals surface area contributed by atoms with E-state index in [0.29, 0.717) is 0 Å². The standard InChI is InChI=1S/C70H54/c1-67(2)57-29-25-43-31-41(47-21-13-17-39-15-9-11-19-45(39)47)23-27-49(43)65(57)55-37-61-53(35-63(55)67)51-33-60-52(34-59(51)69(61,5)6)54-36-64-56(38-62(54)70(60,7)8)66-50-28-24-42(32-44(50)26-30-58(66)68(64,3)4)48-22-14-18-40-16-10-12-20-46(40)48/h9-38H,1-8H3. The lowest BCUT2D eigenvalue weighted by atomic mass is 9.78. The Morgan fingerprint density at radius 3 is 0.943 bits per heavy atom. The maximum atomic E-state index is 2.61. The van der Waals surface area contributed by atoms with Gasteiger partial charge < -0.3 is 0 Å². The summed E-state index contributed by atoms with van der Waals surface area (Å²) in [5.41, 5.74) is 27.2. The molecule has 0 nitrogen and oxygen atoms in total. The number of rotatable bonds is 2. The van der Waals surface area contributed by atoms with Gasteiger partial charge in [-0.1, -0.05) is 189 Å². The van der Waals surface area contributed by atoms with Crippen molar-refractivity contribution in [3.05, 3.63) is 226 Å². The first-order valence-corrected chi connectivity index (χ1v) is 25.4. The Bertz CT molecular complexity index is 3940. The highest BCUT2D eigenvalue weighted by atomic mass is 14.5. The van der Waals surface area contributed by atoms with E-state index in [0.717, 1.165) is 0 Å². The maximum absolute atomic E-state index is 2.61. The molecule has 11 aromatic rings. The first-order chi connectivity index (χ1) is 33.7. The molecular formula is C70H54. The first-order valence-electron chi connectivity index (χ1n) is 25.4. The predicted octanol–water partition coefficient (Wildman–Crippen LogP) is 18.9. The van der Waals surface area contributed by atoms with Crippen molar-refractivity contribution in [2.75, 3.05) is 0 Å². The maximum Gasteiger partial charge on any atom is 0.0159 e. The molecule has 4 aliphatic carbocycles. The van der Waals surface area contributed by atoms with E-state index in [1.807, 2.05) is 0 Å². The van der Waals surface area contributed by atoms with Gasteiger partial charge in [-0.2, -0.15) is 0 Å². The number of hydrogen-bond acceptors (Lipinski definition) is 0. The summed E-state index contributed by atoms with van der Waals surface area (Å²) in [5, 5.41) is 10.4. The van der Waals surface area contributed by atoms with Gasteiger partial charge in [0, 0.05) is 21.7 Å². The fourth-order valence-corrected chi connectivity index (χ4v) is 14.4. The van der Waals surface area contributed by atoms with E-state index in [-0.39, 0.29) is 21.7 Å². The Hall–Kier alpha value is -7.54. The highest BCUT2D eigenvalue weighted by Gasteiger charge is 2.46. The van der Waals surface area contributed by atoms with Crippen LogP contribution in [-0.4, -0.2) is 0 Å². The third-order valence-corrected chi connectivity index (χ3v) is 18.2. The van der Waals surface area contributed by atoms with Crippen LogP contribution in [0.4, 0.5) is 0 Å². The Balaban J connectivity index is 0.847. The van der Waals surface area contributed by atoms with Crippen LogP contribution in [0, 0.1) is 0 Å². The van der Waals surface area contributed by atoms with Crippen molar-refractivity contribution < 1.29 is 0 Å². The van der Waals surface area contributed by atoms with Crippen molar-refractivity contribution in [3.63, 3.8) is 0 Å². The Kier molecular flexibility index (Phi) is 7.61. The lowest BCUT2D eigenvalue weighted by Gasteiger charge is -2.25. The molecule has 0 spiro atoms. The summed E-state index contributed by atoms with van der Waals surface area (Å²) in [6.45, 7) is 19.6. The van der Waals surface area contributed by atoms with Crippen LogP contribution in [0.2, 0.25) is 0 Å². The second-order valence-corrected chi connectivity index (χ2v) is 23.2. The van der Waals surface area contributed by atoms with Gasteiger partial charge in [-0.25, -0.2) is 0 Å². The summed E-state index contributed by atoms with van der Waals surface area (Å²) < 4.78 is 0. The number of hydrogen-bond donors (Lipinski definition) is 0. The van der Waals surface area contributed by atoms with Crippen LogP contribution in [0.5, 0.6) is 0 Å². The Morgan fingerprint density at radius 2 is 0.543 bits per heavy atom. The fourth-order valence-electron chi connectivity index (χ4n) is 14.4. The minimum Gasteiger partial charge on any atom is -0.0616 e. The van der Waals surface area contributed by atoms with Crippen LogP contribution in [0.15, 0.2) is 182 Å². The SMILES string of the molecule is CC1(C)c2cc3c(cc2-c2cc4c(cc21)-c1c(ccc2cc(-c5cccc6ccccc56)ccc12)C4(C)C)C(C)(C)c1cc2c(cc1-3)C(C)(C)c1ccc3cc(-c4cccc5ccccc45)ccc3c1-2. The molecule has 70 heavy (non-hydrogen) atoms. The minimum absolute atomic E-state index is 0.132. The molecule has 0 aromatic heterocycles. The fraction of sp³-hybridized carbons (Fsp3) is 0.171. The van der Waals surface area contributed by atoms with Crippen LogP contribution >= 0.6 is 0 Å². The van der Waals surface area contributed by atoms with E-state index in [9.17, 15) is 0 Å². The molecule has 0 amide bonds. The molecule has 0 atom stereocenters. The zero-order valence-corrected chi connectivity index (χ0v) is 41.3. The summed E-state index contributed by atoms with van der Waals surface area (Å²) >= 11 is 0. The van der Waals surface area contributed by atoms with E-state index in [2.05, 4.69) is 237 Å². The van der Waals surface area contributed by atoms with Gasteiger partial charge in [0.25, 0.3) is 0 Å². The molecule has 15 rings (SSSR count). The molecule has 0 aliphatic heterocycles. The average Bonchev–Trinajstić information content (AvgIpc) is 3.93. The molecule has 0 bridgehead atoms. The lowest BCUT2D eigenvalue weighted by molar-refractivity contribution is 0.648. The minimum atomic E-state index is -0.170. The summed E-state index contributed by atoms with van der Waals surface area (Å²) in [7, 11) is 0. The third kappa shape index (κ3) is 5.01. The summed E-state index contributed by atoms with van der Waals surface area (Å²) in [5.74, 6) is 0. The number of fused-ring (bicyclic) bond motifs is 18. The van der Waals surface area contributed by atoms with Crippen LogP contribution in [0.25, 0.3) is 110 Å². The molecule has 0 radical (unpaired) electrons. The Morgan fingerprint density at radius 1 is 0.214 bits per heavy atom. The summed E-state index contributed by atoms with van der Waals surface area (Å²) in [4.78, 5) is 0. The van der Waals surface area contributed by atoms with Crippen LogP contribution < -0.4 is 0 Å². The normalized spacial score (nSPS) is 16.5. The van der Waals surface area contributed by atoms with E-state index in [1.54, 1.807) is 0 Å². The van der Waals surface area contributed by atoms with Gasteiger partial charge in [-0.3, -0.25) is 0 Å². The second kappa shape index (κ2) is 13.2. The topological polar surface area (TPSA) is 0 Å². The molecule has 4 aliphatic rings.